The van der Waals surface area contributed by atoms with Gasteiger partial charge in [0.25, 0.3) is 5.91 Å². The monoisotopic (exact) mass is 407 g/mol. The van der Waals surface area contributed by atoms with E-state index in [0.29, 0.717) is 22.8 Å². The van der Waals surface area contributed by atoms with Crippen LogP contribution in [0.3, 0.4) is 0 Å². The molecule has 28 heavy (non-hydrogen) atoms. The van der Waals surface area contributed by atoms with Crippen molar-refractivity contribution < 1.29 is 23.9 Å². The smallest absolute Gasteiger partial charge is 0.471 e. The molecule has 1 aromatic carbocycles. The Balaban J connectivity index is 1.72. The van der Waals surface area contributed by atoms with Gasteiger partial charge < -0.3 is 19.2 Å². The van der Waals surface area contributed by atoms with Crippen LogP contribution in [0.2, 0.25) is 5.02 Å². The number of carbonyl (C=O) groups is 1. The van der Waals surface area contributed by atoms with Gasteiger partial charge in [-0.05, 0) is 71.0 Å². The Bertz CT molecular complexity index is 811. The predicted octanol–water partition coefficient (Wildman–Crippen LogP) is 2.65. The number of carbonyl (C=O) groups excluding carboxylic acids is 1. The zero-order valence-corrected chi connectivity index (χ0v) is 17.8. The standard InChI is InChI=1S/C20H27BClNO5/c1-11-13(21-27-19(2,3)20(4,5)28-21)9-12-17(16(11)22)26-10-23(18(12)25)14-7-6-8-15(14)24/h9,14-15,24H,6-8,10H2,1-5H3/t14-,15-/m1/s1. The number of nitrogens with zero attached hydrogens (tertiary/aromatic N) is 1. The van der Waals surface area contributed by atoms with Crippen molar-refractivity contribution in [3.63, 3.8) is 0 Å². The molecule has 2 atom stereocenters. The first-order chi connectivity index (χ1) is 13.0. The SMILES string of the molecule is Cc1c(B2OC(C)(C)C(C)(C)O2)cc2c(c1Cl)OCN([C@@H]1CCC[C@H]1O)C2=O. The summed E-state index contributed by atoms with van der Waals surface area (Å²) in [6.07, 6.45) is 1.86. The Morgan fingerprint density at radius 1 is 1.21 bits per heavy atom. The molecule has 1 saturated carbocycles. The molecule has 0 radical (unpaired) electrons. The first-order valence-corrected chi connectivity index (χ1v) is 10.2. The number of fused-ring (bicyclic) bond motifs is 1. The zero-order valence-electron chi connectivity index (χ0n) is 17.0. The van der Waals surface area contributed by atoms with Gasteiger partial charge >= 0.3 is 7.12 Å². The van der Waals surface area contributed by atoms with Gasteiger partial charge in [-0.25, -0.2) is 0 Å². The number of aliphatic hydroxyl groups excluding tert-OH is 1. The van der Waals surface area contributed by atoms with Crippen LogP contribution in [0, 0.1) is 6.92 Å². The molecule has 2 heterocycles. The van der Waals surface area contributed by atoms with Gasteiger partial charge in [0.05, 0.1) is 33.9 Å². The lowest BCUT2D eigenvalue weighted by Gasteiger charge is -2.35. The van der Waals surface area contributed by atoms with E-state index in [-0.39, 0.29) is 18.7 Å². The molecule has 2 fully saturated rings. The number of rotatable bonds is 2. The van der Waals surface area contributed by atoms with Crippen molar-refractivity contribution >= 4 is 30.1 Å². The molecule has 4 rings (SSSR count). The summed E-state index contributed by atoms with van der Waals surface area (Å²) in [7, 11) is -0.618. The second kappa shape index (κ2) is 6.62. The van der Waals surface area contributed by atoms with Gasteiger partial charge in [0.2, 0.25) is 0 Å². The highest BCUT2D eigenvalue weighted by molar-refractivity contribution is 6.63. The lowest BCUT2D eigenvalue weighted by Crippen LogP contribution is -2.49. The molecule has 1 aromatic rings. The van der Waals surface area contributed by atoms with E-state index in [2.05, 4.69) is 0 Å². The topological polar surface area (TPSA) is 68.2 Å². The van der Waals surface area contributed by atoms with Crippen LogP contribution in [-0.4, -0.2) is 53.1 Å². The molecule has 6 nitrogen and oxygen atoms in total. The molecule has 1 amide bonds. The second-order valence-corrected chi connectivity index (χ2v) is 9.36. The Labute approximate surface area is 171 Å². The number of hydrogen-bond donors (Lipinski definition) is 1. The summed E-state index contributed by atoms with van der Waals surface area (Å²) < 4.78 is 18.2. The van der Waals surface area contributed by atoms with Crippen molar-refractivity contribution in [1.29, 1.82) is 0 Å². The molecule has 3 aliphatic rings. The van der Waals surface area contributed by atoms with Gasteiger partial charge in [0.15, 0.2) is 12.5 Å². The summed E-state index contributed by atoms with van der Waals surface area (Å²) >= 11 is 6.58. The number of amides is 1. The molecule has 0 spiro atoms. The maximum absolute atomic E-state index is 13.2. The summed E-state index contributed by atoms with van der Waals surface area (Å²) in [5.74, 6) is 0.222. The molecule has 0 bridgehead atoms. The van der Waals surface area contributed by atoms with Crippen molar-refractivity contribution in [3.8, 4) is 5.75 Å². The average molecular weight is 408 g/mol. The van der Waals surface area contributed by atoms with Crippen LogP contribution in [-0.2, 0) is 9.31 Å². The van der Waals surface area contributed by atoms with E-state index >= 15 is 0 Å². The van der Waals surface area contributed by atoms with Gasteiger partial charge in [0.1, 0.15) is 0 Å². The number of benzene rings is 1. The Hall–Kier alpha value is -1.28. The van der Waals surface area contributed by atoms with Crippen LogP contribution in [0.15, 0.2) is 6.07 Å². The Kier molecular flexibility index (Phi) is 4.74. The Morgan fingerprint density at radius 2 is 1.86 bits per heavy atom. The molecule has 1 N–H and O–H groups in total. The van der Waals surface area contributed by atoms with Crippen LogP contribution in [0.1, 0.15) is 62.9 Å². The quantitative estimate of drug-likeness (QED) is 0.763. The van der Waals surface area contributed by atoms with Gasteiger partial charge in [-0.1, -0.05) is 11.6 Å². The number of hydrogen-bond acceptors (Lipinski definition) is 5. The lowest BCUT2D eigenvalue weighted by molar-refractivity contribution is 0.00578. The molecule has 1 saturated heterocycles. The third kappa shape index (κ3) is 2.95. The lowest BCUT2D eigenvalue weighted by atomic mass is 9.75. The number of ether oxygens (including phenoxy) is 1. The van der Waals surface area contributed by atoms with E-state index < -0.39 is 24.4 Å². The summed E-state index contributed by atoms with van der Waals surface area (Å²) in [5.41, 5.74) is 0.917. The van der Waals surface area contributed by atoms with E-state index in [0.717, 1.165) is 23.9 Å². The third-order valence-electron chi connectivity index (χ3n) is 6.70. The first-order valence-electron chi connectivity index (χ1n) is 9.84. The van der Waals surface area contributed by atoms with E-state index in [4.69, 9.17) is 25.6 Å². The maximum Gasteiger partial charge on any atom is 0.495 e. The molecule has 2 aliphatic heterocycles. The van der Waals surface area contributed by atoms with Crippen LogP contribution in [0.4, 0.5) is 0 Å². The van der Waals surface area contributed by atoms with Crippen LogP contribution in [0.5, 0.6) is 5.75 Å². The Morgan fingerprint density at radius 3 is 2.43 bits per heavy atom. The summed E-state index contributed by atoms with van der Waals surface area (Å²) in [4.78, 5) is 14.8. The summed E-state index contributed by atoms with van der Waals surface area (Å²) in [6, 6.07) is 1.55. The van der Waals surface area contributed by atoms with E-state index in [1.165, 1.54) is 0 Å². The third-order valence-corrected chi connectivity index (χ3v) is 7.15. The van der Waals surface area contributed by atoms with E-state index in [9.17, 15) is 9.90 Å². The van der Waals surface area contributed by atoms with Crippen LogP contribution in [0.25, 0.3) is 0 Å². The molecule has 1 aliphatic carbocycles. The molecule has 152 valence electrons. The fourth-order valence-electron chi connectivity index (χ4n) is 4.14. The average Bonchev–Trinajstić information content (AvgIpc) is 3.11. The molecular formula is C20H27BClNO5. The number of aliphatic hydroxyl groups is 1. The predicted molar refractivity (Wildman–Crippen MR) is 107 cm³/mol. The second-order valence-electron chi connectivity index (χ2n) is 8.98. The number of halogens is 1. The maximum atomic E-state index is 13.2. The first kappa shape index (κ1) is 20.0. The zero-order chi connectivity index (χ0) is 20.4. The minimum absolute atomic E-state index is 0.0998. The van der Waals surface area contributed by atoms with Gasteiger partial charge in [-0.15, -0.1) is 0 Å². The molecule has 0 unspecified atom stereocenters. The molecular weight excluding hydrogens is 380 g/mol. The van der Waals surface area contributed by atoms with Crippen molar-refractivity contribution in [2.75, 3.05) is 6.73 Å². The van der Waals surface area contributed by atoms with Crippen molar-refractivity contribution in [2.45, 2.75) is 77.2 Å². The van der Waals surface area contributed by atoms with Gasteiger partial charge in [0, 0.05) is 0 Å². The fourth-order valence-corrected chi connectivity index (χ4v) is 4.40. The largest absolute Gasteiger partial charge is 0.495 e. The molecule has 8 heteroatoms. The van der Waals surface area contributed by atoms with Crippen molar-refractivity contribution in [1.82, 2.24) is 4.90 Å². The van der Waals surface area contributed by atoms with Gasteiger partial charge in [-0.2, -0.15) is 0 Å². The van der Waals surface area contributed by atoms with Crippen molar-refractivity contribution in [2.24, 2.45) is 0 Å². The highest BCUT2D eigenvalue weighted by atomic mass is 35.5. The van der Waals surface area contributed by atoms with E-state index in [1.807, 2.05) is 34.6 Å². The minimum Gasteiger partial charge on any atom is -0.471 e. The van der Waals surface area contributed by atoms with Crippen LogP contribution < -0.4 is 10.2 Å². The normalized spacial score (nSPS) is 28.5. The highest BCUT2D eigenvalue weighted by Crippen LogP contribution is 2.40. The summed E-state index contributed by atoms with van der Waals surface area (Å²) in [5, 5.41) is 10.6. The summed E-state index contributed by atoms with van der Waals surface area (Å²) in [6.45, 7) is 9.92. The fraction of sp³-hybridized carbons (Fsp3) is 0.650. The molecule has 0 aromatic heterocycles. The highest BCUT2D eigenvalue weighted by Gasteiger charge is 2.52. The van der Waals surface area contributed by atoms with Crippen molar-refractivity contribution in [3.05, 3.63) is 22.2 Å². The van der Waals surface area contributed by atoms with Crippen LogP contribution >= 0.6 is 11.6 Å². The minimum atomic E-state index is -0.618. The van der Waals surface area contributed by atoms with E-state index in [1.54, 1.807) is 11.0 Å². The van der Waals surface area contributed by atoms with Gasteiger partial charge in [-0.3, -0.25) is 9.69 Å².